The Bertz CT molecular complexity index is 1030. The minimum Gasteiger partial charge on any atom is -0.392 e. The number of carbonyl (C=O) groups is 1. The zero-order chi connectivity index (χ0) is 20.9. The lowest BCUT2D eigenvalue weighted by atomic mass is 10.0. The lowest BCUT2D eigenvalue weighted by Gasteiger charge is -2.32. The standard InChI is InChI=1S/C25H29N3O2/c1-18-6-7-25(21(12-18)17-29)27-22-8-10-28(11-9-22)16-23(30)14-19-13-20-4-2-3-5-24(20)26-15-19/h2-7,12-13,15,22,27,29H,8-11,14,16-17H2,1H3. The van der Waals surface area contributed by atoms with Gasteiger partial charge in [0.1, 0.15) is 0 Å². The highest BCUT2D eigenvalue weighted by atomic mass is 16.3. The predicted molar refractivity (Wildman–Crippen MR) is 121 cm³/mol. The maximum Gasteiger partial charge on any atom is 0.151 e. The maximum absolute atomic E-state index is 12.6. The molecule has 0 radical (unpaired) electrons. The van der Waals surface area contributed by atoms with Gasteiger partial charge in [-0.05, 0) is 43.5 Å². The number of rotatable bonds is 7. The fourth-order valence-corrected chi connectivity index (χ4v) is 4.20. The number of piperidine rings is 1. The second-order valence-electron chi connectivity index (χ2n) is 8.27. The van der Waals surface area contributed by atoms with Crippen molar-refractivity contribution in [2.45, 2.75) is 38.8 Å². The number of likely N-dealkylation sites (tertiary alicyclic amines) is 1. The van der Waals surface area contributed by atoms with Gasteiger partial charge in [-0.1, -0.05) is 35.9 Å². The number of hydrogen-bond acceptors (Lipinski definition) is 5. The van der Waals surface area contributed by atoms with Gasteiger partial charge in [-0.15, -0.1) is 0 Å². The molecule has 1 saturated heterocycles. The lowest BCUT2D eigenvalue weighted by Crippen LogP contribution is -2.41. The van der Waals surface area contributed by atoms with Crippen LogP contribution in [0, 0.1) is 6.92 Å². The summed E-state index contributed by atoms with van der Waals surface area (Å²) in [6, 6.07) is 16.6. The van der Waals surface area contributed by atoms with Crippen molar-refractivity contribution in [2.24, 2.45) is 0 Å². The van der Waals surface area contributed by atoms with Crippen LogP contribution in [0.3, 0.4) is 0 Å². The summed E-state index contributed by atoms with van der Waals surface area (Å²) in [5.41, 5.74) is 5.05. The van der Waals surface area contributed by atoms with E-state index < -0.39 is 0 Å². The first-order chi connectivity index (χ1) is 14.6. The summed E-state index contributed by atoms with van der Waals surface area (Å²) in [6.07, 6.45) is 4.23. The normalized spacial score (nSPS) is 15.4. The Labute approximate surface area is 177 Å². The van der Waals surface area contributed by atoms with Gasteiger partial charge in [0.05, 0.1) is 18.7 Å². The smallest absolute Gasteiger partial charge is 0.151 e. The minimum atomic E-state index is 0.0426. The van der Waals surface area contributed by atoms with Gasteiger partial charge >= 0.3 is 0 Å². The third-order valence-electron chi connectivity index (χ3n) is 5.83. The first kappa shape index (κ1) is 20.5. The molecule has 0 aliphatic carbocycles. The molecule has 0 amide bonds. The number of fused-ring (bicyclic) bond motifs is 1. The van der Waals surface area contributed by atoms with Crippen molar-refractivity contribution < 1.29 is 9.90 Å². The average molecular weight is 404 g/mol. The number of anilines is 1. The summed E-state index contributed by atoms with van der Waals surface area (Å²) in [5.74, 6) is 0.236. The Hall–Kier alpha value is -2.76. The third kappa shape index (κ3) is 5.04. The van der Waals surface area contributed by atoms with E-state index in [0.717, 1.165) is 59.2 Å². The van der Waals surface area contributed by atoms with Crippen LogP contribution in [0.5, 0.6) is 0 Å². The number of aromatic nitrogens is 1. The summed E-state index contributed by atoms with van der Waals surface area (Å²) in [5, 5.41) is 14.3. The molecule has 1 aromatic heterocycles. The molecular weight excluding hydrogens is 374 g/mol. The van der Waals surface area contributed by atoms with Gasteiger partial charge in [-0.2, -0.15) is 0 Å². The molecule has 4 rings (SSSR count). The van der Waals surface area contributed by atoms with Gasteiger partial charge < -0.3 is 10.4 Å². The topological polar surface area (TPSA) is 65.5 Å². The van der Waals surface area contributed by atoms with E-state index in [1.807, 2.05) is 49.5 Å². The second-order valence-corrected chi connectivity index (χ2v) is 8.27. The van der Waals surface area contributed by atoms with Crippen LogP contribution in [0.2, 0.25) is 0 Å². The van der Waals surface area contributed by atoms with Gasteiger partial charge in [-0.25, -0.2) is 0 Å². The molecule has 0 bridgehead atoms. The number of hydrogen-bond donors (Lipinski definition) is 2. The molecule has 2 aromatic carbocycles. The number of ketones is 1. The largest absolute Gasteiger partial charge is 0.392 e. The highest BCUT2D eigenvalue weighted by Gasteiger charge is 2.21. The molecule has 30 heavy (non-hydrogen) atoms. The first-order valence-electron chi connectivity index (χ1n) is 10.7. The predicted octanol–water partition coefficient (Wildman–Crippen LogP) is 3.72. The van der Waals surface area contributed by atoms with Crippen molar-refractivity contribution in [3.05, 3.63) is 71.4 Å². The van der Waals surface area contributed by atoms with Crippen molar-refractivity contribution >= 4 is 22.4 Å². The zero-order valence-corrected chi connectivity index (χ0v) is 17.5. The van der Waals surface area contributed by atoms with Crippen molar-refractivity contribution in [1.29, 1.82) is 0 Å². The molecule has 5 nitrogen and oxygen atoms in total. The molecule has 0 unspecified atom stereocenters. The fourth-order valence-electron chi connectivity index (χ4n) is 4.20. The van der Waals surface area contributed by atoms with Gasteiger partial charge in [0.15, 0.2) is 5.78 Å². The number of pyridine rings is 1. The number of aliphatic hydroxyl groups is 1. The monoisotopic (exact) mass is 403 g/mol. The number of carbonyl (C=O) groups excluding carboxylic acids is 1. The van der Waals surface area contributed by atoms with Gasteiger partial charge in [-0.3, -0.25) is 14.7 Å². The van der Waals surface area contributed by atoms with Crippen LogP contribution in [0.15, 0.2) is 54.7 Å². The molecule has 2 N–H and O–H groups in total. The number of nitrogens with one attached hydrogen (secondary N) is 1. The maximum atomic E-state index is 12.6. The van der Waals surface area contributed by atoms with Gasteiger partial charge in [0, 0.05) is 48.4 Å². The molecule has 0 saturated carbocycles. The molecule has 3 aromatic rings. The van der Waals surface area contributed by atoms with Crippen LogP contribution < -0.4 is 5.32 Å². The van der Waals surface area contributed by atoms with Gasteiger partial charge in [0.2, 0.25) is 0 Å². The number of benzene rings is 2. The van der Waals surface area contributed by atoms with E-state index in [1.165, 1.54) is 0 Å². The van der Waals surface area contributed by atoms with Crippen LogP contribution in [-0.4, -0.2) is 46.4 Å². The zero-order valence-electron chi connectivity index (χ0n) is 17.5. The van der Waals surface area contributed by atoms with Gasteiger partial charge in [0.25, 0.3) is 0 Å². The quantitative estimate of drug-likeness (QED) is 0.629. The second kappa shape index (κ2) is 9.37. The molecular formula is C25H29N3O2. The number of aliphatic hydroxyl groups excluding tert-OH is 1. The summed E-state index contributed by atoms with van der Waals surface area (Å²) in [7, 11) is 0. The molecule has 2 heterocycles. The molecule has 0 atom stereocenters. The van der Waals surface area contributed by atoms with E-state index in [9.17, 15) is 9.90 Å². The summed E-state index contributed by atoms with van der Waals surface area (Å²) >= 11 is 0. The number of nitrogens with zero attached hydrogens (tertiary/aromatic N) is 2. The van der Waals surface area contributed by atoms with E-state index in [-0.39, 0.29) is 12.4 Å². The Morgan fingerprint density at radius 3 is 2.77 bits per heavy atom. The fraction of sp³-hybridized carbons (Fsp3) is 0.360. The van der Waals surface area contributed by atoms with Crippen LogP contribution in [0.1, 0.15) is 29.5 Å². The molecule has 1 fully saturated rings. The molecule has 1 aliphatic heterocycles. The Morgan fingerprint density at radius 1 is 1.17 bits per heavy atom. The number of Topliss-reactive ketones (excluding diaryl/α,β-unsaturated/α-hetero) is 1. The summed E-state index contributed by atoms with van der Waals surface area (Å²) in [4.78, 5) is 19.3. The van der Waals surface area contributed by atoms with E-state index in [4.69, 9.17) is 0 Å². The molecule has 156 valence electrons. The molecule has 1 aliphatic rings. The highest BCUT2D eigenvalue weighted by molar-refractivity contribution is 5.85. The SMILES string of the molecule is Cc1ccc(NC2CCN(CC(=O)Cc3cnc4ccccc4c3)CC2)c(CO)c1. The highest BCUT2D eigenvalue weighted by Crippen LogP contribution is 2.22. The summed E-state index contributed by atoms with van der Waals surface area (Å²) in [6.45, 7) is 4.37. The third-order valence-corrected chi connectivity index (χ3v) is 5.83. The van der Waals surface area contributed by atoms with Crippen molar-refractivity contribution in [3.63, 3.8) is 0 Å². The first-order valence-corrected chi connectivity index (χ1v) is 10.7. The number of para-hydroxylation sites is 1. The molecule has 0 spiro atoms. The van der Waals surface area contributed by atoms with Crippen LogP contribution in [-0.2, 0) is 17.8 Å². The molecule has 5 heteroatoms. The van der Waals surface area contributed by atoms with E-state index in [0.29, 0.717) is 19.0 Å². The van der Waals surface area contributed by atoms with Crippen LogP contribution >= 0.6 is 0 Å². The lowest BCUT2D eigenvalue weighted by molar-refractivity contribution is -0.119. The van der Waals surface area contributed by atoms with Crippen molar-refractivity contribution in [1.82, 2.24) is 9.88 Å². The Morgan fingerprint density at radius 2 is 1.97 bits per heavy atom. The van der Waals surface area contributed by atoms with E-state index in [2.05, 4.69) is 27.3 Å². The van der Waals surface area contributed by atoms with Crippen molar-refractivity contribution in [2.75, 3.05) is 25.0 Å². The van der Waals surface area contributed by atoms with Crippen molar-refractivity contribution in [3.8, 4) is 0 Å². The Kier molecular flexibility index (Phi) is 6.41. The van der Waals surface area contributed by atoms with E-state index in [1.54, 1.807) is 0 Å². The Balaban J connectivity index is 1.27. The average Bonchev–Trinajstić information content (AvgIpc) is 2.76. The minimum absolute atomic E-state index is 0.0426. The van der Waals surface area contributed by atoms with Crippen LogP contribution in [0.25, 0.3) is 10.9 Å². The van der Waals surface area contributed by atoms with E-state index >= 15 is 0 Å². The van der Waals surface area contributed by atoms with Crippen LogP contribution in [0.4, 0.5) is 5.69 Å². The summed E-state index contributed by atoms with van der Waals surface area (Å²) < 4.78 is 0. The number of aryl methyl sites for hydroxylation is 1.